The highest BCUT2D eigenvalue weighted by molar-refractivity contribution is 4.97. The van der Waals surface area contributed by atoms with Crippen LogP contribution in [0.1, 0.15) is 13.3 Å². The maximum absolute atomic E-state index is 13.0. The van der Waals surface area contributed by atoms with Gasteiger partial charge in [0.1, 0.15) is 0 Å². The quantitative estimate of drug-likeness (QED) is 0.611. The van der Waals surface area contributed by atoms with E-state index < -0.39 is 30.4 Å². The van der Waals surface area contributed by atoms with Crippen molar-refractivity contribution in [2.24, 2.45) is 0 Å². The first-order chi connectivity index (χ1) is 5.82. The summed E-state index contributed by atoms with van der Waals surface area (Å²) < 4.78 is 68.4. The van der Waals surface area contributed by atoms with Crippen LogP contribution in [0, 0.1) is 0 Å². The van der Waals surface area contributed by atoms with Gasteiger partial charge in [0.25, 0.3) is 0 Å². The average Bonchev–Trinajstić information content (AvgIpc) is 2.24. The van der Waals surface area contributed by atoms with Gasteiger partial charge in [0.15, 0.2) is 0 Å². The summed E-state index contributed by atoms with van der Waals surface area (Å²) in [4.78, 5) is 0. The molecule has 1 rings (SSSR count). The summed E-state index contributed by atoms with van der Waals surface area (Å²) in [6, 6.07) is 0. The van der Waals surface area contributed by atoms with Crippen molar-refractivity contribution < 1.29 is 31.4 Å². The molecule has 1 aliphatic rings. The fourth-order valence-electron chi connectivity index (χ4n) is 0.775. The number of halogens is 5. The molecule has 7 heteroatoms. The smallest absolute Gasteiger partial charge is 0.414 e. The van der Waals surface area contributed by atoms with Crippen molar-refractivity contribution in [3.63, 3.8) is 0 Å². The molecule has 1 fully saturated rings. The Morgan fingerprint density at radius 2 is 1.77 bits per heavy atom. The molecular weight excluding hydrogens is 199 g/mol. The standard InChI is InChI=1S/C6H5F5O2/c1-2-5(9)6(10,11)13-4(12-5)3(7)8/h2H2,1H3. The van der Waals surface area contributed by atoms with E-state index in [0.29, 0.717) is 0 Å². The topological polar surface area (TPSA) is 18.5 Å². The molecule has 13 heavy (non-hydrogen) atoms. The highest BCUT2D eigenvalue weighted by Crippen LogP contribution is 2.47. The van der Waals surface area contributed by atoms with Gasteiger partial charge < -0.3 is 9.47 Å². The van der Waals surface area contributed by atoms with Gasteiger partial charge in [0.2, 0.25) is 0 Å². The molecule has 0 amide bonds. The molecule has 1 saturated heterocycles. The van der Waals surface area contributed by atoms with E-state index in [-0.39, 0.29) is 0 Å². The Bertz CT molecular complexity index is 247. The van der Waals surface area contributed by atoms with Crippen LogP contribution in [0.2, 0.25) is 0 Å². The predicted octanol–water partition coefficient (Wildman–Crippen LogP) is 2.77. The molecule has 0 aromatic heterocycles. The Morgan fingerprint density at radius 1 is 1.23 bits per heavy atom. The van der Waals surface area contributed by atoms with Gasteiger partial charge in [-0.3, -0.25) is 0 Å². The number of alkyl halides is 3. The van der Waals surface area contributed by atoms with Crippen LogP contribution in [0.3, 0.4) is 0 Å². The largest absolute Gasteiger partial charge is 0.473 e. The van der Waals surface area contributed by atoms with Gasteiger partial charge >= 0.3 is 24.0 Å². The van der Waals surface area contributed by atoms with Crippen LogP contribution < -0.4 is 0 Å². The molecule has 0 aliphatic carbocycles. The van der Waals surface area contributed by atoms with Crippen molar-refractivity contribution in [2.75, 3.05) is 0 Å². The second-order valence-electron chi connectivity index (χ2n) is 2.35. The molecule has 76 valence electrons. The summed E-state index contributed by atoms with van der Waals surface area (Å²) in [6.45, 7) is 1.02. The monoisotopic (exact) mass is 204 g/mol. The van der Waals surface area contributed by atoms with Crippen molar-refractivity contribution in [1.29, 1.82) is 0 Å². The van der Waals surface area contributed by atoms with Gasteiger partial charge in [0.05, 0.1) is 0 Å². The number of rotatable bonds is 1. The van der Waals surface area contributed by atoms with Gasteiger partial charge in [0, 0.05) is 6.42 Å². The summed E-state index contributed by atoms with van der Waals surface area (Å²) in [6.07, 6.45) is -7.79. The van der Waals surface area contributed by atoms with E-state index in [9.17, 15) is 22.0 Å². The molecule has 0 saturated carbocycles. The highest BCUT2D eigenvalue weighted by atomic mass is 19.3. The Kier molecular flexibility index (Phi) is 2.13. The Morgan fingerprint density at radius 3 is 2.00 bits per heavy atom. The van der Waals surface area contributed by atoms with Gasteiger partial charge in [-0.15, -0.1) is 0 Å². The van der Waals surface area contributed by atoms with E-state index in [0.717, 1.165) is 6.92 Å². The number of hydrogen-bond donors (Lipinski definition) is 0. The first kappa shape index (κ1) is 10.1. The van der Waals surface area contributed by atoms with E-state index in [1.807, 2.05) is 0 Å². The third-order valence-electron chi connectivity index (χ3n) is 1.52. The maximum atomic E-state index is 13.0. The highest BCUT2D eigenvalue weighted by Gasteiger charge is 2.66. The van der Waals surface area contributed by atoms with E-state index in [1.54, 1.807) is 0 Å². The lowest BCUT2D eigenvalue weighted by atomic mass is 10.2. The van der Waals surface area contributed by atoms with Gasteiger partial charge in [-0.25, -0.2) is 0 Å². The minimum Gasteiger partial charge on any atom is -0.414 e. The molecular formula is C6H5F5O2. The second-order valence-corrected chi connectivity index (χ2v) is 2.35. The molecule has 0 aromatic rings. The van der Waals surface area contributed by atoms with Crippen LogP contribution >= 0.6 is 0 Å². The lowest BCUT2D eigenvalue weighted by Crippen LogP contribution is -2.40. The maximum Gasteiger partial charge on any atom is 0.473 e. The van der Waals surface area contributed by atoms with Crippen LogP contribution in [-0.4, -0.2) is 12.0 Å². The summed E-state index contributed by atoms with van der Waals surface area (Å²) in [7, 11) is 0. The van der Waals surface area contributed by atoms with E-state index in [2.05, 4.69) is 9.47 Å². The minimum atomic E-state index is -4.37. The average molecular weight is 204 g/mol. The normalized spacial score (nSPS) is 31.1. The Balaban J connectivity index is 2.99. The van der Waals surface area contributed by atoms with Crippen molar-refractivity contribution in [2.45, 2.75) is 25.3 Å². The zero-order chi connectivity index (χ0) is 10.3. The third-order valence-corrected chi connectivity index (χ3v) is 1.52. The lowest BCUT2D eigenvalue weighted by molar-refractivity contribution is -0.289. The summed E-state index contributed by atoms with van der Waals surface area (Å²) in [5.74, 6) is -5.26. The number of hydrogen-bond acceptors (Lipinski definition) is 2. The Hall–Kier alpha value is -1.01. The molecule has 1 unspecified atom stereocenters. The molecule has 0 bridgehead atoms. The van der Waals surface area contributed by atoms with Gasteiger partial charge in [-0.1, -0.05) is 6.92 Å². The first-order valence-corrected chi connectivity index (χ1v) is 3.32. The third kappa shape index (κ3) is 1.42. The van der Waals surface area contributed by atoms with E-state index in [1.165, 1.54) is 0 Å². The first-order valence-electron chi connectivity index (χ1n) is 3.32. The Labute approximate surface area is 69.9 Å². The van der Waals surface area contributed by atoms with Crippen molar-refractivity contribution >= 4 is 0 Å². The minimum absolute atomic E-state index is 0.795. The van der Waals surface area contributed by atoms with Crippen molar-refractivity contribution in [3.05, 3.63) is 12.0 Å². The summed E-state index contributed by atoms with van der Waals surface area (Å²) in [5.41, 5.74) is 0. The summed E-state index contributed by atoms with van der Waals surface area (Å²) >= 11 is 0. The molecule has 1 heterocycles. The lowest BCUT2D eigenvalue weighted by Gasteiger charge is -2.18. The second kappa shape index (κ2) is 2.74. The fourth-order valence-corrected chi connectivity index (χ4v) is 0.775. The molecule has 1 aliphatic heterocycles. The van der Waals surface area contributed by atoms with E-state index >= 15 is 0 Å². The molecule has 0 spiro atoms. The summed E-state index contributed by atoms with van der Waals surface area (Å²) in [5, 5.41) is 0. The molecule has 0 N–H and O–H groups in total. The predicted molar refractivity (Wildman–Crippen MR) is 30.5 cm³/mol. The molecule has 0 aromatic carbocycles. The van der Waals surface area contributed by atoms with Crippen molar-refractivity contribution in [1.82, 2.24) is 0 Å². The van der Waals surface area contributed by atoms with Crippen LogP contribution in [0.25, 0.3) is 0 Å². The van der Waals surface area contributed by atoms with Gasteiger partial charge in [-0.05, 0) is 0 Å². The van der Waals surface area contributed by atoms with Crippen LogP contribution in [-0.2, 0) is 9.47 Å². The van der Waals surface area contributed by atoms with E-state index in [4.69, 9.17) is 0 Å². The zero-order valence-electron chi connectivity index (χ0n) is 6.41. The zero-order valence-corrected chi connectivity index (χ0v) is 6.41. The SMILES string of the molecule is CCC1(F)OC(=C(F)F)OC1(F)F. The molecule has 2 nitrogen and oxygen atoms in total. The van der Waals surface area contributed by atoms with Crippen LogP contribution in [0.4, 0.5) is 22.0 Å². The molecule has 0 radical (unpaired) electrons. The molecule has 1 atom stereocenters. The number of ether oxygens (including phenoxy) is 2. The van der Waals surface area contributed by atoms with Crippen LogP contribution in [0.5, 0.6) is 0 Å². The van der Waals surface area contributed by atoms with Crippen molar-refractivity contribution in [3.8, 4) is 0 Å². The van der Waals surface area contributed by atoms with Gasteiger partial charge in [-0.2, -0.15) is 22.0 Å². The van der Waals surface area contributed by atoms with Crippen LogP contribution in [0.15, 0.2) is 12.0 Å². The fraction of sp³-hybridized carbons (Fsp3) is 0.667.